The fourth-order valence-corrected chi connectivity index (χ4v) is 2.92. The highest BCUT2D eigenvalue weighted by atomic mass is 15.1. The first kappa shape index (κ1) is 16.5. The van der Waals surface area contributed by atoms with E-state index in [1.54, 1.807) is 0 Å². The lowest BCUT2D eigenvalue weighted by Crippen LogP contribution is -2.39. The monoisotopic (exact) mass is 297 g/mol. The minimum Gasteiger partial charge on any atom is -0.370 e. The summed E-state index contributed by atoms with van der Waals surface area (Å²) in [5.41, 5.74) is 10.5. The summed E-state index contributed by atoms with van der Waals surface area (Å²) in [4.78, 5) is 5.75. The van der Waals surface area contributed by atoms with Crippen molar-refractivity contribution in [3.05, 3.63) is 29.5 Å². The van der Waals surface area contributed by atoms with E-state index in [2.05, 4.69) is 48.7 Å². The third kappa shape index (κ3) is 3.28. The molecule has 0 radical (unpaired) electrons. The zero-order valence-electron chi connectivity index (χ0n) is 13.9. The summed E-state index contributed by atoms with van der Waals surface area (Å²) < 4.78 is 0. The number of aromatic amines is 1. The molecule has 1 fully saturated rings. The number of anilines is 1. The summed E-state index contributed by atoms with van der Waals surface area (Å²) in [6.45, 7) is 8.39. The number of H-pyrrole nitrogens is 1. The Kier molecular flexibility index (Phi) is 5.51. The maximum Gasteiger partial charge on any atom is 0.0707 e. The van der Waals surface area contributed by atoms with Gasteiger partial charge in [0.25, 0.3) is 0 Å². The third-order valence-electron chi connectivity index (χ3n) is 4.06. The van der Waals surface area contributed by atoms with E-state index < -0.39 is 0 Å². The Hall–Kier alpha value is -1.92. The molecule has 0 bridgehead atoms. The van der Waals surface area contributed by atoms with E-state index in [1.165, 1.54) is 23.1 Å². The number of hydrogen-bond acceptors (Lipinski definition) is 2. The lowest BCUT2D eigenvalue weighted by Gasteiger charge is -2.32. The number of terminal acetylenes is 1. The van der Waals surface area contributed by atoms with E-state index in [0.29, 0.717) is 6.04 Å². The Labute approximate surface area is 133 Å². The van der Waals surface area contributed by atoms with Gasteiger partial charge in [0.1, 0.15) is 0 Å². The normalized spacial score (nSPS) is 15.3. The first-order chi connectivity index (χ1) is 10.6. The maximum absolute atomic E-state index is 5.98. The zero-order valence-corrected chi connectivity index (χ0v) is 13.9. The van der Waals surface area contributed by atoms with Crippen LogP contribution in [0.25, 0.3) is 10.9 Å². The van der Waals surface area contributed by atoms with Crippen LogP contribution in [0.1, 0.15) is 44.2 Å². The van der Waals surface area contributed by atoms with Crippen LogP contribution in [0.15, 0.2) is 18.3 Å². The van der Waals surface area contributed by atoms with E-state index in [-0.39, 0.29) is 0 Å². The second-order valence-electron chi connectivity index (χ2n) is 6.03. The van der Waals surface area contributed by atoms with Crippen LogP contribution in [0.2, 0.25) is 0 Å². The van der Waals surface area contributed by atoms with Crippen molar-refractivity contribution in [1.82, 2.24) is 4.98 Å². The summed E-state index contributed by atoms with van der Waals surface area (Å²) in [6.07, 6.45) is 10.9. The number of nitrogens with two attached hydrogens (primary N) is 1. The van der Waals surface area contributed by atoms with Crippen LogP contribution in [0, 0.1) is 19.3 Å². The molecule has 22 heavy (non-hydrogen) atoms. The molecule has 3 nitrogen and oxygen atoms in total. The van der Waals surface area contributed by atoms with Crippen molar-refractivity contribution in [3.8, 4) is 12.3 Å². The first-order valence-electron chi connectivity index (χ1n) is 8.20. The van der Waals surface area contributed by atoms with E-state index in [9.17, 15) is 0 Å². The molecule has 1 aromatic heterocycles. The van der Waals surface area contributed by atoms with Crippen LogP contribution >= 0.6 is 0 Å². The van der Waals surface area contributed by atoms with Crippen molar-refractivity contribution in [3.63, 3.8) is 0 Å². The second-order valence-corrected chi connectivity index (χ2v) is 6.03. The minimum absolute atomic E-state index is 0.349. The van der Waals surface area contributed by atoms with Gasteiger partial charge in [0.15, 0.2) is 0 Å². The van der Waals surface area contributed by atoms with Gasteiger partial charge in [-0.25, -0.2) is 0 Å². The fraction of sp³-hybridized carbons (Fsp3) is 0.474. The Bertz CT molecular complexity index is 655. The number of hydrogen-bond donors (Lipinski definition) is 2. The molecule has 3 N–H and O–H groups in total. The molecule has 0 saturated carbocycles. The maximum atomic E-state index is 5.98. The summed E-state index contributed by atoms with van der Waals surface area (Å²) in [5, 5.41) is 1.18. The highest BCUT2D eigenvalue weighted by molar-refractivity contribution is 5.97. The van der Waals surface area contributed by atoms with Crippen LogP contribution in [-0.2, 0) is 0 Å². The second kappa shape index (κ2) is 7.38. The van der Waals surface area contributed by atoms with Crippen LogP contribution in [0.4, 0.5) is 5.69 Å². The summed E-state index contributed by atoms with van der Waals surface area (Å²) in [6, 6.07) is 4.69. The Balaban J connectivity index is 0.000000545. The molecular formula is C19H27N3. The molecule has 3 rings (SSSR count). The van der Waals surface area contributed by atoms with Crippen LogP contribution in [0.5, 0.6) is 0 Å². The van der Waals surface area contributed by atoms with E-state index >= 15 is 0 Å². The predicted molar refractivity (Wildman–Crippen MR) is 96.4 cm³/mol. The zero-order chi connectivity index (χ0) is 16.1. The number of nitrogens with one attached hydrogen (secondary N) is 1. The average Bonchev–Trinajstić information content (AvgIpc) is 2.95. The van der Waals surface area contributed by atoms with E-state index in [1.807, 2.05) is 6.20 Å². The van der Waals surface area contributed by atoms with Crippen LogP contribution in [-0.4, -0.2) is 24.1 Å². The van der Waals surface area contributed by atoms with Gasteiger partial charge >= 0.3 is 0 Å². The van der Waals surface area contributed by atoms with E-state index in [4.69, 9.17) is 12.2 Å². The standard InChI is InChI=1S/C16H19N3.C3H8/c1-3-12-10-18-16-14(5-4-11(2)15(12)16)19-8-6-13(17)7-9-19;1-3-2/h1,4-5,10,13,18H,6-9,17H2,2H3;3H2,1-2H3. The van der Waals surface area contributed by atoms with Gasteiger partial charge in [-0.15, -0.1) is 6.42 Å². The molecule has 2 aromatic rings. The van der Waals surface area contributed by atoms with Gasteiger partial charge in [-0.05, 0) is 31.4 Å². The molecule has 1 aliphatic heterocycles. The smallest absolute Gasteiger partial charge is 0.0707 e. The van der Waals surface area contributed by atoms with Crippen molar-refractivity contribution < 1.29 is 0 Å². The topological polar surface area (TPSA) is 45.0 Å². The summed E-state index contributed by atoms with van der Waals surface area (Å²) in [5.74, 6) is 2.76. The average molecular weight is 297 g/mol. The minimum atomic E-state index is 0.349. The van der Waals surface area contributed by atoms with Gasteiger partial charge in [0.2, 0.25) is 0 Å². The predicted octanol–water partition coefficient (Wildman–Crippen LogP) is 3.80. The molecule has 2 heterocycles. The van der Waals surface area contributed by atoms with Crippen molar-refractivity contribution >= 4 is 16.6 Å². The van der Waals surface area contributed by atoms with Gasteiger partial charge in [0, 0.05) is 36.3 Å². The van der Waals surface area contributed by atoms with Gasteiger partial charge in [0.05, 0.1) is 11.2 Å². The van der Waals surface area contributed by atoms with Crippen molar-refractivity contribution in [2.45, 2.75) is 46.1 Å². The molecule has 1 aromatic carbocycles. The number of piperidine rings is 1. The number of fused-ring (bicyclic) bond motifs is 1. The van der Waals surface area contributed by atoms with Crippen molar-refractivity contribution in [1.29, 1.82) is 0 Å². The molecule has 0 atom stereocenters. The number of aryl methyl sites for hydroxylation is 1. The Morgan fingerprint density at radius 2 is 1.95 bits per heavy atom. The van der Waals surface area contributed by atoms with Crippen molar-refractivity contribution in [2.75, 3.05) is 18.0 Å². The lowest BCUT2D eigenvalue weighted by molar-refractivity contribution is 0.502. The number of rotatable bonds is 1. The molecule has 0 amide bonds. The molecule has 1 saturated heterocycles. The van der Waals surface area contributed by atoms with Gasteiger partial charge in [-0.2, -0.15) is 0 Å². The number of nitrogens with zero attached hydrogens (tertiary/aromatic N) is 1. The van der Waals surface area contributed by atoms with Crippen LogP contribution in [0.3, 0.4) is 0 Å². The highest BCUT2D eigenvalue weighted by Crippen LogP contribution is 2.32. The highest BCUT2D eigenvalue weighted by Gasteiger charge is 2.19. The fourth-order valence-electron chi connectivity index (χ4n) is 2.92. The third-order valence-corrected chi connectivity index (χ3v) is 4.06. The summed E-state index contributed by atoms with van der Waals surface area (Å²) in [7, 11) is 0. The van der Waals surface area contributed by atoms with Crippen LogP contribution < -0.4 is 10.6 Å². The van der Waals surface area contributed by atoms with Crippen molar-refractivity contribution in [2.24, 2.45) is 5.73 Å². The van der Waals surface area contributed by atoms with Gasteiger partial charge in [-0.1, -0.05) is 32.3 Å². The lowest BCUT2D eigenvalue weighted by atomic mass is 10.0. The molecule has 0 spiro atoms. The van der Waals surface area contributed by atoms with E-state index in [0.717, 1.165) is 37.0 Å². The van der Waals surface area contributed by atoms with Gasteiger partial charge < -0.3 is 15.6 Å². The molecule has 3 heteroatoms. The number of benzene rings is 1. The Morgan fingerprint density at radius 3 is 2.55 bits per heavy atom. The van der Waals surface area contributed by atoms with Gasteiger partial charge in [-0.3, -0.25) is 0 Å². The Morgan fingerprint density at radius 1 is 1.32 bits per heavy atom. The summed E-state index contributed by atoms with van der Waals surface area (Å²) >= 11 is 0. The molecule has 0 aliphatic carbocycles. The molecule has 0 unspecified atom stereocenters. The molecule has 1 aliphatic rings. The first-order valence-corrected chi connectivity index (χ1v) is 8.20. The largest absolute Gasteiger partial charge is 0.370 e. The number of aromatic nitrogens is 1. The molecular weight excluding hydrogens is 270 g/mol. The SMILES string of the molecule is C#Cc1c[nH]c2c(N3CCC(N)CC3)ccc(C)c12.CCC. The molecule has 118 valence electrons. The quantitative estimate of drug-likeness (QED) is 0.786.